The van der Waals surface area contributed by atoms with Crippen LogP contribution in [-0.4, -0.2) is 34.3 Å². The predicted octanol–water partition coefficient (Wildman–Crippen LogP) is 5.60. The van der Waals surface area contributed by atoms with Gasteiger partial charge in [-0.1, -0.05) is 23.2 Å². The fraction of sp³-hybridized carbons (Fsp3) is 0.200. The molecule has 1 aliphatic rings. The number of aryl methyl sites for hydroxylation is 1. The van der Waals surface area contributed by atoms with Crippen LogP contribution in [0.5, 0.6) is 11.6 Å². The summed E-state index contributed by atoms with van der Waals surface area (Å²) in [5, 5.41) is 12.8. The summed E-state index contributed by atoms with van der Waals surface area (Å²) < 4.78 is 5.74. The second-order valence-corrected chi connectivity index (χ2v) is 8.64. The summed E-state index contributed by atoms with van der Waals surface area (Å²) >= 11 is 12.0. The molecule has 34 heavy (non-hydrogen) atoms. The van der Waals surface area contributed by atoms with Gasteiger partial charge in [0.05, 0.1) is 10.0 Å². The van der Waals surface area contributed by atoms with Gasteiger partial charge in [-0.15, -0.1) is 0 Å². The fourth-order valence-electron chi connectivity index (χ4n) is 3.80. The lowest BCUT2D eigenvalue weighted by Crippen LogP contribution is -2.43. The van der Waals surface area contributed by atoms with Crippen molar-refractivity contribution in [3.63, 3.8) is 0 Å². The number of anilines is 1. The van der Waals surface area contributed by atoms with Crippen LogP contribution in [0.3, 0.4) is 0 Å². The van der Waals surface area contributed by atoms with Gasteiger partial charge in [0.15, 0.2) is 0 Å². The molecule has 0 spiro atoms. The molecular weight excluding hydrogens is 475 g/mol. The lowest BCUT2D eigenvalue weighted by atomic mass is 10.1. The van der Waals surface area contributed by atoms with E-state index in [1.54, 1.807) is 53.6 Å². The molecule has 1 saturated heterocycles. The van der Waals surface area contributed by atoms with Gasteiger partial charge in [0.2, 0.25) is 11.8 Å². The van der Waals surface area contributed by atoms with Gasteiger partial charge in [0, 0.05) is 24.0 Å². The van der Waals surface area contributed by atoms with Crippen molar-refractivity contribution in [1.82, 2.24) is 9.88 Å². The van der Waals surface area contributed by atoms with Gasteiger partial charge in [-0.3, -0.25) is 9.59 Å². The van der Waals surface area contributed by atoms with Crippen molar-refractivity contribution < 1.29 is 14.3 Å². The van der Waals surface area contributed by atoms with E-state index in [9.17, 15) is 14.9 Å². The third-order valence-electron chi connectivity index (χ3n) is 5.54. The predicted molar refractivity (Wildman–Crippen MR) is 129 cm³/mol. The summed E-state index contributed by atoms with van der Waals surface area (Å²) in [6.07, 6.45) is 2.84. The van der Waals surface area contributed by atoms with Crippen molar-refractivity contribution >= 4 is 40.7 Å². The minimum absolute atomic E-state index is 0.212. The summed E-state index contributed by atoms with van der Waals surface area (Å²) in [5.41, 5.74) is 2.08. The lowest BCUT2D eigenvalue weighted by molar-refractivity contribution is -0.119. The van der Waals surface area contributed by atoms with Crippen LogP contribution in [0.2, 0.25) is 10.0 Å². The second kappa shape index (κ2) is 10.1. The lowest BCUT2D eigenvalue weighted by Gasteiger charge is -2.24. The number of benzene rings is 2. The van der Waals surface area contributed by atoms with Crippen molar-refractivity contribution in [3.05, 3.63) is 81.5 Å². The van der Waals surface area contributed by atoms with E-state index in [1.165, 1.54) is 6.07 Å². The van der Waals surface area contributed by atoms with Crippen LogP contribution < -0.4 is 10.1 Å². The maximum absolute atomic E-state index is 13.1. The molecule has 1 aromatic heterocycles. The summed E-state index contributed by atoms with van der Waals surface area (Å²) in [7, 11) is 0. The Labute approximate surface area is 206 Å². The fourth-order valence-corrected chi connectivity index (χ4v) is 4.10. The number of carbonyl (C=O) groups excluding carboxylic acids is 2. The number of hydrogen-bond donors (Lipinski definition) is 1. The van der Waals surface area contributed by atoms with Crippen LogP contribution in [0, 0.1) is 18.3 Å². The first-order valence-electron chi connectivity index (χ1n) is 10.6. The highest BCUT2D eigenvalue weighted by Gasteiger charge is 2.35. The Bertz CT molecular complexity index is 1310. The standard InChI is InChI=1S/C25H20Cl2N4O3/c1-15-12-18(34-24-17(14-28)4-2-10-29-24)7-9-21(15)30-23(32)22-5-3-11-31(22)25(33)16-6-8-19(26)20(27)13-16/h2,4,6-10,12-13,22H,3,5,11H2,1H3,(H,30,32). The Morgan fingerprint density at radius 2 is 2.00 bits per heavy atom. The van der Waals surface area contributed by atoms with Gasteiger partial charge >= 0.3 is 0 Å². The molecule has 3 aromatic rings. The normalized spacial score (nSPS) is 15.0. The van der Waals surface area contributed by atoms with Crippen molar-refractivity contribution in [2.24, 2.45) is 0 Å². The van der Waals surface area contributed by atoms with Crippen molar-refractivity contribution in [2.45, 2.75) is 25.8 Å². The van der Waals surface area contributed by atoms with Crippen LogP contribution >= 0.6 is 23.2 Å². The van der Waals surface area contributed by atoms with Gasteiger partial charge in [-0.2, -0.15) is 5.26 Å². The topological polar surface area (TPSA) is 95.3 Å². The zero-order chi connectivity index (χ0) is 24.2. The zero-order valence-electron chi connectivity index (χ0n) is 18.2. The molecule has 4 rings (SSSR count). The number of carbonyl (C=O) groups is 2. The maximum Gasteiger partial charge on any atom is 0.254 e. The van der Waals surface area contributed by atoms with Crippen LogP contribution in [0.1, 0.15) is 34.3 Å². The minimum atomic E-state index is -0.594. The summed E-state index contributed by atoms with van der Waals surface area (Å²) in [5.74, 6) is 0.172. The van der Waals surface area contributed by atoms with E-state index in [1.807, 2.05) is 13.0 Å². The first-order valence-corrected chi connectivity index (χ1v) is 11.3. The molecule has 9 heteroatoms. The third-order valence-corrected chi connectivity index (χ3v) is 6.28. The number of nitriles is 1. The molecule has 2 heterocycles. The maximum atomic E-state index is 13.1. The quantitative estimate of drug-likeness (QED) is 0.497. The number of halogens is 2. The molecule has 2 aromatic carbocycles. The number of amides is 2. The zero-order valence-corrected chi connectivity index (χ0v) is 19.7. The highest BCUT2D eigenvalue weighted by molar-refractivity contribution is 6.42. The van der Waals surface area contributed by atoms with Crippen LogP contribution in [-0.2, 0) is 4.79 Å². The number of nitrogens with one attached hydrogen (secondary N) is 1. The minimum Gasteiger partial charge on any atom is -0.438 e. The van der Waals surface area contributed by atoms with Crippen molar-refractivity contribution in [3.8, 4) is 17.7 Å². The van der Waals surface area contributed by atoms with Crippen LogP contribution in [0.25, 0.3) is 0 Å². The van der Waals surface area contributed by atoms with E-state index >= 15 is 0 Å². The van der Waals surface area contributed by atoms with Gasteiger partial charge in [0.25, 0.3) is 5.91 Å². The van der Waals surface area contributed by atoms with E-state index in [4.69, 9.17) is 27.9 Å². The summed E-state index contributed by atoms with van der Waals surface area (Å²) in [4.78, 5) is 31.7. The van der Waals surface area contributed by atoms with Crippen LogP contribution in [0.4, 0.5) is 5.69 Å². The molecule has 0 aliphatic carbocycles. The molecule has 0 bridgehead atoms. The molecule has 0 radical (unpaired) electrons. The Balaban J connectivity index is 1.47. The Morgan fingerprint density at radius 1 is 1.18 bits per heavy atom. The van der Waals surface area contributed by atoms with Crippen molar-refractivity contribution in [2.75, 3.05) is 11.9 Å². The van der Waals surface area contributed by atoms with Gasteiger partial charge in [0.1, 0.15) is 23.4 Å². The highest BCUT2D eigenvalue weighted by atomic mass is 35.5. The van der Waals surface area contributed by atoms with E-state index < -0.39 is 6.04 Å². The summed E-state index contributed by atoms with van der Waals surface area (Å²) in [6.45, 7) is 2.31. The van der Waals surface area contributed by atoms with Gasteiger partial charge in [-0.05, 0) is 73.9 Å². The largest absolute Gasteiger partial charge is 0.438 e. The SMILES string of the molecule is Cc1cc(Oc2ncccc2C#N)ccc1NC(=O)C1CCCN1C(=O)c1ccc(Cl)c(Cl)c1. The van der Waals surface area contributed by atoms with E-state index in [2.05, 4.69) is 10.3 Å². The Morgan fingerprint density at radius 3 is 2.74 bits per heavy atom. The molecular formula is C25H20Cl2N4O3. The number of likely N-dealkylation sites (tertiary alicyclic amines) is 1. The average molecular weight is 495 g/mol. The van der Waals surface area contributed by atoms with Gasteiger partial charge in [-0.25, -0.2) is 4.98 Å². The molecule has 0 saturated carbocycles. The van der Waals surface area contributed by atoms with Crippen LogP contribution in [0.15, 0.2) is 54.7 Å². The highest BCUT2D eigenvalue weighted by Crippen LogP contribution is 2.29. The first-order chi connectivity index (χ1) is 16.4. The Kier molecular flexibility index (Phi) is 7.01. The summed E-state index contributed by atoms with van der Waals surface area (Å²) in [6, 6.07) is 14.6. The number of hydrogen-bond acceptors (Lipinski definition) is 5. The molecule has 7 nitrogen and oxygen atoms in total. The average Bonchev–Trinajstić information content (AvgIpc) is 3.32. The van der Waals surface area contributed by atoms with E-state index in [0.29, 0.717) is 45.6 Å². The molecule has 1 atom stereocenters. The molecule has 1 aliphatic heterocycles. The molecule has 172 valence electrons. The van der Waals surface area contributed by atoms with E-state index in [-0.39, 0.29) is 17.7 Å². The first kappa shape index (κ1) is 23.6. The molecule has 2 amide bonds. The number of aromatic nitrogens is 1. The molecule has 1 fully saturated rings. The molecule has 1 N–H and O–H groups in total. The number of rotatable bonds is 5. The van der Waals surface area contributed by atoms with Gasteiger partial charge < -0.3 is 15.0 Å². The number of pyridine rings is 1. The third kappa shape index (κ3) is 4.98. The van der Waals surface area contributed by atoms with E-state index in [0.717, 1.165) is 12.0 Å². The smallest absolute Gasteiger partial charge is 0.254 e. The van der Waals surface area contributed by atoms with Crippen molar-refractivity contribution in [1.29, 1.82) is 5.26 Å². The number of nitrogens with zero attached hydrogens (tertiary/aromatic N) is 3. The number of ether oxygens (including phenoxy) is 1. The monoisotopic (exact) mass is 494 g/mol. The second-order valence-electron chi connectivity index (χ2n) is 7.82. The Hall–Kier alpha value is -3.60. The molecule has 1 unspecified atom stereocenters.